The van der Waals surface area contributed by atoms with Crippen molar-refractivity contribution in [3.8, 4) is 0 Å². The highest BCUT2D eigenvalue weighted by atomic mass is 35.5. The number of nitrogens with one attached hydrogen (secondary N) is 1. The van der Waals surface area contributed by atoms with Crippen LogP contribution >= 0.6 is 35.4 Å². The SMILES string of the molecule is COC1CCCC1n1c(=S)[nH]c2cc(Cl)c(Cl)cc21. The predicted octanol–water partition coefficient (Wildman–Crippen LogP) is 4.75. The van der Waals surface area contributed by atoms with Crippen LogP contribution in [0.5, 0.6) is 0 Å². The third-order valence-electron chi connectivity index (χ3n) is 3.81. The van der Waals surface area contributed by atoms with Gasteiger partial charge in [-0.2, -0.15) is 0 Å². The number of nitrogens with zero attached hydrogens (tertiary/aromatic N) is 1. The van der Waals surface area contributed by atoms with Crippen molar-refractivity contribution in [1.82, 2.24) is 9.55 Å². The van der Waals surface area contributed by atoms with Crippen LogP contribution in [0.15, 0.2) is 12.1 Å². The number of aromatic nitrogens is 2. The molecule has 0 bridgehead atoms. The summed E-state index contributed by atoms with van der Waals surface area (Å²) in [6, 6.07) is 3.96. The van der Waals surface area contributed by atoms with Crippen molar-refractivity contribution in [2.24, 2.45) is 0 Å². The van der Waals surface area contributed by atoms with Gasteiger partial charge in [0.05, 0.1) is 33.2 Å². The Kier molecular flexibility index (Phi) is 3.60. The van der Waals surface area contributed by atoms with Crippen molar-refractivity contribution in [3.63, 3.8) is 0 Å². The highest BCUT2D eigenvalue weighted by molar-refractivity contribution is 7.71. The van der Waals surface area contributed by atoms with Gasteiger partial charge < -0.3 is 14.3 Å². The number of halogens is 2. The summed E-state index contributed by atoms with van der Waals surface area (Å²) in [5.74, 6) is 0. The Morgan fingerprint density at radius 3 is 2.79 bits per heavy atom. The van der Waals surface area contributed by atoms with Gasteiger partial charge in [0.2, 0.25) is 0 Å². The lowest BCUT2D eigenvalue weighted by atomic mass is 10.2. The van der Waals surface area contributed by atoms with Crippen molar-refractivity contribution in [3.05, 3.63) is 26.9 Å². The minimum Gasteiger partial charge on any atom is -0.379 e. The lowest BCUT2D eigenvalue weighted by molar-refractivity contribution is 0.0758. The molecule has 0 amide bonds. The van der Waals surface area contributed by atoms with Gasteiger partial charge in [0.15, 0.2) is 4.77 Å². The average Bonchev–Trinajstić information content (AvgIpc) is 2.93. The van der Waals surface area contributed by atoms with E-state index >= 15 is 0 Å². The molecule has 3 nitrogen and oxygen atoms in total. The fourth-order valence-electron chi connectivity index (χ4n) is 2.93. The van der Waals surface area contributed by atoms with E-state index in [4.69, 9.17) is 40.2 Å². The summed E-state index contributed by atoms with van der Waals surface area (Å²) >= 11 is 17.6. The maximum absolute atomic E-state index is 6.12. The van der Waals surface area contributed by atoms with E-state index in [9.17, 15) is 0 Å². The summed E-state index contributed by atoms with van der Waals surface area (Å²) < 4.78 is 8.38. The zero-order valence-electron chi connectivity index (χ0n) is 10.5. The van der Waals surface area contributed by atoms with Gasteiger partial charge >= 0.3 is 0 Å². The smallest absolute Gasteiger partial charge is 0.178 e. The summed E-state index contributed by atoms with van der Waals surface area (Å²) in [5.41, 5.74) is 1.91. The molecule has 1 aliphatic carbocycles. The highest BCUT2D eigenvalue weighted by Crippen LogP contribution is 2.36. The van der Waals surface area contributed by atoms with E-state index < -0.39 is 0 Å². The molecular formula is C13H14Cl2N2OS. The second kappa shape index (κ2) is 5.09. The third-order valence-corrected chi connectivity index (χ3v) is 4.83. The molecule has 19 heavy (non-hydrogen) atoms. The highest BCUT2D eigenvalue weighted by Gasteiger charge is 2.30. The molecule has 102 valence electrons. The van der Waals surface area contributed by atoms with Crippen LogP contribution in [-0.4, -0.2) is 22.8 Å². The molecular weight excluding hydrogens is 303 g/mol. The van der Waals surface area contributed by atoms with Crippen molar-refractivity contribution in [2.45, 2.75) is 31.4 Å². The first-order chi connectivity index (χ1) is 9.11. The Labute approximate surface area is 126 Å². The van der Waals surface area contributed by atoms with Gasteiger partial charge in [0, 0.05) is 7.11 Å². The monoisotopic (exact) mass is 316 g/mol. The summed E-state index contributed by atoms with van der Waals surface area (Å²) in [7, 11) is 1.76. The third kappa shape index (κ3) is 2.21. The first kappa shape index (κ1) is 13.4. The Bertz CT molecular complexity index is 679. The fraction of sp³-hybridized carbons (Fsp3) is 0.462. The molecule has 2 unspecified atom stereocenters. The van der Waals surface area contributed by atoms with E-state index in [-0.39, 0.29) is 12.1 Å². The van der Waals surface area contributed by atoms with E-state index in [1.165, 1.54) is 0 Å². The number of ether oxygens (including phenoxy) is 1. The number of rotatable bonds is 2. The largest absolute Gasteiger partial charge is 0.379 e. The molecule has 1 fully saturated rings. The quantitative estimate of drug-likeness (QED) is 0.810. The van der Waals surface area contributed by atoms with Crippen LogP contribution in [0.1, 0.15) is 25.3 Å². The zero-order valence-corrected chi connectivity index (χ0v) is 12.8. The summed E-state index contributed by atoms with van der Waals surface area (Å²) in [4.78, 5) is 3.20. The van der Waals surface area contributed by atoms with Crippen LogP contribution in [0.25, 0.3) is 11.0 Å². The molecule has 2 aromatic rings. The molecule has 1 saturated carbocycles. The lowest BCUT2D eigenvalue weighted by Gasteiger charge is -2.20. The normalized spacial score (nSPS) is 23.3. The van der Waals surface area contributed by atoms with E-state index in [0.29, 0.717) is 14.8 Å². The molecule has 1 heterocycles. The van der Waals surface area contributed by atoms with Crippen LogP contribution in [0.3, 0.4) is 0 Å². The van der Waals surface area contributed by atoms with Gasteiger partial charge in [-0.05, 0) is 43.6 Å². The lowest BCUT2D eigenvalue weighted by Crippen LogP contribution is -2.20. The Balaban J connectivity index is 2.20. The second-order valence-electron chi connectivity index (χ2n) is 4.86. The maximum Gasteiger partial charge on any atom is 0.178 e. The van der Waals surface area contributed by atoms with Gasteiger partial charge in [-0.3, -0.25) is 0 Å². The van der Waals surface area contributed by atoms with Gasteiger partial charge in [-0.1, -0.05) is 23.2 Å². The van der Waals surface area contributed by atoms with Crippen LogP contribution in [0.4, 0.5) is 0 Å². The average molecular weight is 317 g/mol. The van der Waals surface area contributed by atoms with Gasteiger partial charge in [-0.15, -0.1) is 0 Å². The summed E-state index contributed by atoms with van der Waals surface area (Å²) in [5, 5.41) is 1.08. The van der Waals surface area contributed by atoms with Crippen molar-refractivity contribution in [1.29, 1.82) is 0 Å². The minimum atomic E-state index is 0.208. The van der Waals surface area contributed by atoms with Crippen LogP contribution in [0, 0.1) is 4.77 Å². The van der Waals surface area contributed by atoms with Gasteiger partial charge in [-0.25, -0.2) is 0 Å². The van der Waals surface area contributed by atoms with Gasteiger partial charge in [0.1, 0.15) is 0 Å². The number of imidazole rings is 1. The van der Waals surface area contributed by atoms with Crippen molar-refractivity contribution in [2.75, 3.05) is 7.11 Å². The molecule has 0 aliphatic heterocycles. The number of hydrogen-bond acceptors (Lipinski definition) is 2. The summed E-state index contributed by atoms with van der Waals surface area (Å²) in [6.07, 6.45) is 3.50. The van der Waals surface area contributed by atoms with Crippen molar-refractivity contribution < 1.29 is 4.74 Å². The molecule has 1 aliphatic rings. The van der Waals surface area contributed by atoms with E-state index in [0.717, 1.165) is 30.3 Å². The van der Waals surface area contributed by atoms with Gasteiger partial charge in [0.25, 0.3) is 0 Å². The van der Waals surface area contributed by atoms with Crippen molar-refractivity contribution >= 4 is 46.5 Å². The first-order valence-corrected chi connectivity index (χ1v) is 7.40. The molecule has 0 radical (unpaired) electrons. The Hall–Kier alpha value is -0.550. The number of hydrogen-bond donors (Lipinski definition) is 1. The topological polar surface area (TPSA) is 29.9 Å². The summed E-state index contributed by atoms with van der Waals surface area (Å²) in [6.45, 7) is 0. The molecule has 3 rings (SSSR count). The zero-order chi connectivity index (χ0) is 13.6. The van der Waals surface area contributed by atoms with Crippen LogP contribution < -0.4 is 0 Å². The molecule has 1 N–H and O–H groups in total. The molecule has 2 atom stereocenters. The Morgan fingerprint density at radius 1 is 1.32 bits per heavy atom. The molecule has 0 saturated heterocycles. The maximum atomic E-state index is 6.12. The molecule has 1 aromatic heterocycles. The van der Waals surface area contributed by atoms with Crippen LogP contribution in [0.2, 0.25) is 10.0 Å². The predicted molar refractivity (Wildman–Crippen MR) is 80.8 cm³/mol. The van der Waals surface area contributed by atoms with E-state index in [2.05, 4.69) is 9.55 Å². The number of benzene rings is 1. The van der Waals surface area contributed by atoms with E-state index in [1.807, 2.05) is 12.1 Å². The molecule has 6 heteroatoms. The minimum absolute atomic E-state index is 0.208. The number of aromatic amines is 1. The molecule has 0 spiro atoms. The van der Waals surface area contributed by atoms with E-state index in [1.54, 1.807) is 7.11 Å². The molecule has 1 aromatic carbocycles. The number of methoxy groups -OCH3 is 1. The van der Waals surface area contributed by atoms with Crippen LogP contribution in [-0.2, 0) is 4.74 Å². The first-order valence-electron chi connectivity index (χ1n) is 6.24. The standard InChI is InChI=1S/C13H14Cl2N2OS/c1-18-12-4-2-3-10(12)17-11-6-8(15)7(14)5-9(11)16-13(17)19/h5-6,10,12H,2-4H2,1H3,(H,16,19). The fourth-order valence-corrected chi connectivity index (χ4v) is 3.59. The Morgan fingerprint density at radius 2 is 2.05 bits per heavy atom. The number of H-pyrrole nitrogens is 1. The number of fused-ring (bicyclic) bond motifs is 1. The second-order valence-corrected chi connectivity index (χ2v) is 6.06.